The SMILES string of the molecule is CCOC(=O)C1=C(C)N=c2s/c(=C\c3cc(Br)c(OCc4ccc(Br)cc4)c(I)c3)c(=O)n2[C@@H]1c1ccc(OCC(=O)OC)c(OCC)c1. The Morgan fingerprint density at radius 1 is 1.00 bits per heavy atom. The topological polar surface area (TPSA) is 115 Å². The first-order valence-electron chi connectivity index (χ1n) is 15.1. The summed E-state index contributed by atoms with van der Waals surface area (Å²) in [6, 6.07) is 15.9. The van der Waals surface area contributed by atoms with E-state index in [1.807, 2.05) is 43.3 Å². The molecule has 0 fully saturated rings. The smallest absolute Gasteiger partial charge is 0.343 e. The van der Waals surface area contributed by atoms with E-state index in [-0.39, 0.29) is 24.3 Å². The van der Waals surface area contributed by atoms with Crippen LogP contribution >= 0.6 is 65.8 Å². The Kier molecular flexibility index (Phi) is 12.4. The first kappa shape index (κ1) is 36.8. The lowest BCUT2D eigenvalue weighted by Crippen LogP contribution is -2.40. The first-order chi connectivity index (χ1) is 23.5. The van der Waals surface area contributed by atoms with Crippen LogP contribution in [0, 0.1) is 3.57 Å². The summed E-state index contributed by atoms with van der Waals surface area (Å²) in [6.45, 7) is 5.79. The zero-order chi connectivity index (χ0) is 35.2. The largest absolute Gasteiger partial charge is 0.490 e. The molecule has 0 unspecified atom stereocenters. The molecule has 0 N–H and O–H groups in total. The molecule has 0 aliphatic carbocycles. The number of rotatable bonds is 12. The fourth-order valence-electron chi connectivity index (χ4n) is 5.07. The molecule has 0 amide bonds. The lowest BCUT2D eigenvalue weighted by Gasteiger charge is -2.25. The molecule has 3 aromatic carbocycles. The third-order valence-electron chi connectivity index (χ3n) is 7.29. The number of aromatic nitrogens is 1. The van der Waals surface area contributed by atoms with Crippen LogP contribution < -0.4 is 29.1 Å². The Bertz CT molecular complexity index is 2090. The van der Waals surface area contributed by atoms with Gasteiger partial charge >= 0.3 is 11.9 Å². The van der Waals surface area contributed by atoms with Crippen molar-refractivity contribution in [1.29, 1.82) is 0 Å². The first-order valence-corrected chi connectivity index (χ1v) is 18.5. The molecular weight excluding hydrogens is 895 g/mol. The molecule has 10 nitrogen and oxygen atoms in total. The van der Waals surface area contributed by atoms with Gasteiger partial charge in [-0.2, -0.15) is 0 Å². The maximum Gasteiger partial charge on any atom is 0.343 e. The number of carbonyl (C=O) groups is 2. The molecule has 2 heterocycles. The van der Waals surface area contributed by atoms with Crippen LogP contribution in [0.1, 0.15) is 43.5 Å². The van der Waals surface area contributed by atoms with Gasteiger partial charge in [0.05, 0.1) is 50.2 Å². The summed E-state index contributed by atoms with van der Waals surface area (Å²) in [5, 5.41) is 0. The van der Waals surface area contributed by atoms with E-state index in [9.17, 15) is 14.4 Å². The van der Waals surface area contributed by atoms with Crippen molar-refractivity contribution in [3.8, 4) is 17.2 Å². The number of benzene rings is 3. The maximum atomic E-state index is 14.2. The van der Waals surface area contributed by atoms with Crippen molar-refractivity contribution in [1.82, 2.24) is 4.57 Å². The number of carbonyl (C=O) groups excluding carboxylic acids is 2. The average molecular weight is 926 g/mol. The van der Waals surface area contributed by atoms with Gasteiger partial charge in [-0.25, -0.2) is 14.6 Å². The number of halogens is 3. The Morgan fingerprint density at radius 3 is 2.43 bits per heavy atom. The average Bonchev–Trinajstić information content (AvgIpc) is 3.37. The molecule has 0 saturated heterocycles. The van der Waals surface area contributed by atoms with Gasteiger partial charge in [-0.05, 0) is 118 Å². The third kappa shape index (κ3) is 8.47. The second kappa shape index (κ2) is 16.5. The predicted molar refractivity (Wildman–Crippen MR) is 201 cm³/mol. The van der Waals surface area contributed by atoms with Gasteiger partial charge in [-0.1, -0.05) is 45.5 Å². The fraction of sp³-hybridized carbons (Fsp3) is 0.257. The van der Waals surface area contributed by atoms with Crippen molar-refractivity contribution in [3.05, 3.63) is 115 Å². The zero-order valence-electron chi connectivity index (χ0n) is 26.9. The number of fused-ring (bicyclic) bond motifs is 1. The summed E-state index contributed by atoms with van der Waals surface area (Å²) >= 11 is 10.5. The van der Waals surface area contributed by atoms with Crippen molar-refractivity contribution >= 4 is 83.8 Å². The van der Waals surface area contributed by atoms with E-state index >= 15 is 0 Å². The van der Waals surface area contributed by atoms with Gasteiger partial charge in [-0.15, -0.1) is 0 Å². The molecule has 14 heteroatoms. The maximum absolute atomic E-state index is 14.2. The van der Waals surface area contributed by atoms with Crippen LogP contribution in [-0.4, -0.2) is 43.4 Å². The number of methoxy groups -OCH3 is 1. The Balaban J connectivity index is 1.56. The summed E-state index contributed by atoms with van der Waals surface area (Å²) in [4.78, 5) is 44.4. The number of thiazole rings is 1. The molecule has 1 aromatic heterocycles. The third-order valence-corrected chi connectivity index (χ3v) is 10.2. The van der Waals surface area contributed by atoms with E-state index in [0.29, 0.717) is 51.1 Å². The van der Waals surface area contributed by atoms with Gasteiger partial charge in [0.25, 0.3) is 5.56 Å². The van der Waals surface area contributed by atoms with Crippen LogP contribution in [0.5, 0.6) is 17.2 Å². The van der Waals surface area contributed by atoms with Crippen LogP contribution in [0.4, 0.5) is 0 Å². The van der Waals surface area contributed by atoms with Crippen molar-refractivity contribution in [2.45, 2.75) is 33.4 Å². The van der Waals surface area contributed by atoms with Gasteiger partial charge < -0.3 is 23.7 Å². The van der Waals surface area contributed by atoms with Crippen LogP contribution in [0.3, 0.4) is 0 Å². The van der Waals surface area contributed by atoms with Gasteiger partial charge in [0.15, 0.2) is 22.9 Å². The van der Waals surface area contributed by atoms with E-state index in [2.05, 4.69) is 64.2 Å². The Morgan fingerprint density at radius 2 is 1.76 bits per heavy atom. The summed E-state index contributed by atoms with van der Waals surface area (Å²) < 4.78 is 32.3. The molecule has 4 aromatic rings. The molecule has 0 spiro atoms. The molecule has 256 valence electrons. The second-order valence-electron chi connectivity index (χ2n) is 10.5. The summed E-state index contributed by atoms with van der Waals surface area (Å²) in [5.74, 6) is 0.216. The minimum atomic E-state index is -0.868. The Labute approximate surface area is 316 Å². The number of hydrogen-bond acceptors (Lipinski definition) is 10. The highest BCUT2D eigenvalue weighted by atomic mass is 127. The van der Waals surface area contributed by atoms with Gasteiger partial charge in [0, 0.05) is 4.47 Å². The number of esters is 2. The number of hydrogen-bond donors (Lipinski definition) is 0. The standard InChI is InChI=1S/C35H31Br2IN2O8S/c1-5-45-27-16-22(9-12-26(27)47-18-29(41)44-4)31-30(34(43)46-6-2)19(3)39-35-40(31)33(42)28(49-35)15-21-13-24(37)32(25(38)14-21)48-17-20-7-10-23(36)11-8-20/h7-16,31H,5-6,17-18H2,1-4H3/b28-15-/t31-/m1/s1. The summed E-state index contributed by atoms with van der Waals surface area (Å²) in [6.07, 6.45) is 1.80. The predicted octanol–water partition coefficient (Wildman–Crippen LogP) is 6.46. The monoisotopic (exact) mass is 924 g/mol. The van der Waals surface area contributed by atoms with E-state index in [0.717, 1.165) is 23.6 Å². The van der Waals surface area contributed by atoms with E-state index in [1.54, 1.807) is 38.1 Å². The number of allylic oxidation sites excluding steroid dienone is 1. The molecule has 0 radical (unpaired) electrons. The lowest BCUT2D eigenvalue weighted by atomic mass is 9.95. The van der Waals surface area contributed by atoms with Crippen molar-refractivity contribution in [2.24, 2.45) is 4.99 Å². The normalized spacial score (nSPS) is 14.2. The molecule has 1 atom stereocenters. The highest BCUT2D eigenvalue weighted by Crippen LogP contribution is 2.37. The second-order valence-corrected chi connectivity index (χ2v) is 14.5. The molecule has 0 bridgehead atoms. The zero-order valence-corrected chi connectivity index (χ0v) is 33.0. The lowest BCUT2D eigenvalue weighted by molar-refractivity contribution is -0.143. The molecule has 1 aliphatic rings. The van der Waals surface area contributed by atoms with E-state index in [1.165, 1.54) is 23.0 Å². The summed E-state index contributed by atoms with van der Waals surface area (Å²) in [7, 11) is 1.27. The van der Waals surface area contributed by atoms with Crippen LogP contribution in [0.2, 0.25) is 0 Å². The van der Waals surface area contributed by atoms with Gasteiger partial charge in [0.2, 0.25) is 0 Å². The highest BCUT2D eigenvalue weighted by Gasteiger charge is 2.34. The Hall–Kier alpha value is -3.47. The minimum Gasteiger partial charge on any atom is -0.490 e. The van der Waals surface area contributed by atoms with Crippen LogP contribution in [-0.2, 0) is 25.7 Å². The van der Waals surface area contributed by atoms with Crippen LogP contribution in [0.25, 0.3) is 6.08 Å². The van der Waals surface area contributed by atoms with Gasteiger partial charge in [-0.3, -0.25) is 9.36 Å². The van der Waals surface area contributed by atoms with E-state index < -0.39 is 18.0 Å². The molecule has 0 saturated carbocycles. The van der Waals surface area contributed by atoms with Crippen molar-refractivity contribution in [3.63, 3.8) is 0 Å². The molecule has 1 aliphatic heterocycles. The molecular formula is C35H31Br2IN2O8S. The quantitative estimate of drug-likeness (QED) is 0.118. The summed E-state index contributed by atoms with van der Waals surface area (Å²) in [5.41, 5.74) is 2.72. The van der Waals surface area contributed by atoms with Crippen molar-refractivity contribution < 1.29 is 33.3 Å². The fourth-order valence-corrected chi connectivity index (χ4v) is 8.15. The van der Waals surface area contributed by atoms with E-state index in [4.69, 9.17) is 18.9 Å². The van der Waals surface area contributed by atoms with Crippen molar-refractivity contribution in [2.75, 3.05) is 26.9 Å². The highest BCUT2D eigenvalue weighted by molar-refractivity contribution is 14.1. The molecule has 5 rings (SSSR count). The van der Waals surface area contributed by atoms with Crippen LogP contribution in [0.15, 0.2) is 84.6 Å². The van der Waals surface area contributed by atoms with Gasteiger partial charge in [0.1, 0.15) is 12.4 Å². The molecule has 49 heavy (non-hydrogen) atoms. The number of ether oxygens (including phenoxy) is 5. The number of nitrogens with zero attached hydrogens (tertiary/aromatic N) is 2. The minimum absolute atomic E-state index is 0.146.